The zero-order valence-electron chi connectivity index (χ0n) is 44.3. The molecule has 0 aliphatic carbocycles. The molecule has 10 nitrogen and oxygen atoms in total. The Balaban J connectivity index is 0.776. The Morgan fingerprint density at radius 2 is 0.676 bits per heavy atom. The van der Waals surface area contributed by atoms with Gasteiger partial charge >= 0.3 is 0 Å². The van der Waals surface area contributed by atoms with Gasteiger partial charge in [0, 0.05) is 5.41 Å². The molecule has 386 valence electrons. The molecular formula is C64H70O10. The maximum absolute atomic E-state index is 11.0. The van der Waals surface area contributed by atoms with Gasteiger partial charge in [0.15, 0.2) is 0 Å². The van der Waals surface area contributed by atoms with Crippen molar-refractivity contribution in [2.45, 2.75) is 92.1 Å². The van der Waals surface area contributed by atoms with E-state index in [2.05, 4.69) is 132 Å². The fourth-order valence-corrected chi connectivity index (χ4v) is 9.94. The van der Waals surface area contributed by atoms with Crippen LogP contribution < -0.4 is 28.4 Å². The quantitative estimate of drug-likeness (QED) is 0.0473. The number of ether oxygens (including phenoxy) is 8. The van der Waals surface area contributed by atoms with Crippen molar-refractivity contribution in [1.29, 1.82) is 0 Å². The van der Waals surface area contributed by atoms with E-state index in [1.54, 1.807) is 0 Å². The molecule has 9 rings (SSSR count). The van der Waals surface area contributed by atoms with E-state index in [1.807, 2.05) is 58.0 Å². The molecule has 4 unspecified atom stereocenters. The van der Waals surface area contributed by atoms with E-state index in [9.17, 15) is 10.2 Å². The number of hydrogen-bond acceptors (Lipinski definition) is 10. The summed E-state index contributed by atoms with van der Waals surface area (Å²) in [6, 6.07) is 43.6. The van der Waals surface area contributed by atoms with Crippen LogP contribution in [0.2, 0.25) is 0 Å². The molecule has 2 fully saturated rings. The molecule has 74 heavy (non-hydrogen) atoms. The standard InChI is InChI=1S/C64H70O10/c1-39-23-47(49-27-43(5)62(44(6)28-49)73-37-58-35-69-58)24-40(2)60(39)71-33-54(65)31-67-56-19-15-52(16-20-56)64(9,51-13-11-10-12-14-51)53-17-21-57(22-18-53)68-32-55(66)34-72-61-41(3)25-48(26-42(61)4)50-29-45(7)63(46(8)30-50)74-38-59-36-70-59/h10-30,54-55,58-59,65-66H,31-38H2,1-9H3. The van der Waals surface area contributed by atoms with Gasteiger partial charge in [0.05, 0.1) is 13.2 Å². The minimum atomic E-state index is -0.847. The number of benzene rings is 7. The van der Waals surface area contributed by atoms with Crippen LogP contribution in [0.3, 0.4) is 0 Å². The third-order valence-corrected chi connectivity index (χ3v) is 14.1. The lowest BCUT2D eigenvalue weighted by molar-refractivity contribution is 0.0621. The first-order chi connectivity index (χ1) is 35.6. The molecule has 7 aromatic carbocycles. The normalized spacial score (nSPS) is 16.4. The predicted molar refractivity (Wildman–Crippen MR) is 291 cm³/mol. The average Bonchev–Trinajstić information content (AvgIpc) is 4.34. The largest absolute Gasteiger partial charge is 0.491 e. The van der Waals surface area contributed by atoms with Crippen LogP contribution in [0, 0.1) is 55.4 Å². The summed E-state index contributed by atoms with van der Waals surface area (Å²) in [4.78, 5) is 0. The second-order valence-electron chi connectivity index (χ2n) is 20.4. The van der Waals surface area contributed by atoms with Gasteiger partial charge in [-0.25, -0.2) is 0 Å². The van der Waals surface area contributed by atoms with Gasteiger partial charge in [-0.05, 0) is 219 Å². The van der Waals surface area contributed by atoms with Crippen molar-refractivity contribution in [3.63, 3.8) is 0 Å². The number of aliphatic hydroxyl groups is 2. The summed E-state index contributed by atoms with van der Waals surface area (Å²) in [7, 11) is 0. The number of rotatable bonds is 23. The molecule has 0 bridgehead atoms. The summed E-state index contributed by atoms with van der Waals surface area (Å²) in [6.07, 6.45) is -1.28. The molecule has 0 amide bonds. The van der Waals surface area contributed by atoms with Crippen molar-refractivity contribution in [2.75, 3.05) is 52.9 Å². The molecule has 0 spiro atoms. The lowest BCUT2D eigenvalue weighted by Gasteiger charge is -2.32. The molecule has 4 atom stereocenters. The fraction of sp³-hybridized carbons (Fsp3) is 0.344. The Hall–Kier alpha value is -6.82. The molecule has 2 aliphatic rings. The van der Waals surface area contributed by atoms with Gasteiger partial charge in [-0.1, -0.05) is 54.6 Å². The van der Waals surface area contributed by atoms with Crippen molar-refractivity contribution < 1.29 is 48.1 Å². The SMILES string of the molecule is Cc1cc(-c2cc(C)c(OCC3CO3)c(C)c2)cc(C)c1OCC(O)COc1ccc(C(C)(c2ccccc2)c2ccc(OCC(O)COc3c(C)cc(-c4cc(C)c(OCC5CO5)c(C)c4)cc3C)cc2)cc1. The summed E-state index contributed by atoms with van der Waals surface area (Å²) in [5, 5.41) is 22.0. The van der Waals surface area contributed by atoms with Crippen molar-refractivity contribution in [2.24, 2.45) is 0 Å². The monoisotopic (exact) mass is 998 g/mol. The molecule has 2 saturated heterocycles. The lowest BCUT2D eigenvalue weighted by atomic mass is 9.71. The highest BCUT2D eigenvalue weighted by atomic mass is 16.6. The first-order valence-corrected chi connectivity index (χ1v) is 25.7. The minimum absolute atomic E-state index is 0.0727. The van der Waals surface area contributed by atoms with E-state index in [-0.39, 0.29) is 38.6 Å². The average molecular weight is 999 g/mol. The van der Waals surface area contributed by atoms with Gasteiger partial charge in [0.1, 0.15) is 98.6 Å². The molecular weight excluding hydrogens is 929 g/mol. The summed E-state index contributed by atoms with van der Waals surface area (Å²) in [6.45, 7) is 21.7. The first kappa shape index (κ1) is 52.1. The predicted octanol–water partition coefficient (Wildman–Crippen LogP) is 12.0. The summed E-state index contributed by atoms with van der Waals surface area (Å²) in [5.74, 6) is 4.65. The highest BCUT2D eigenvalue weighted by molar-refractivity contribution is 5.72. The number of hydrogen-bond donors (Lipinski definition) is 2. The molecule has 0 radical (unpaired) electrons. The second kappa shape index (κ2) is 22.7. The Bertz CT molecular complexity index is 2770. The molecule has 0 aromatic heterocycles. The highest BCUT2D eigenvalue weighted by Gasteiger charge is 2.32. The van der Waals surface area contributed by atoms with Crippen LogP contribution in [0.15, 0.2) is 127 Å². The number of epoxide rings is 2. The molecule has 0 saturated carbocycles. The Morgan fingerprint density at radius 3 is 0.973 bits per heavy atom. The topological polar surface area (TPSA) is 121 Å². The number of aliphatic hydroxyl groups excluding tert-OH is 2. The van der Waals surface area contributed by atoms with Gasteiger partial charge in [-0.2, -0.15) is 0 Å². The van der Waals surface area contributed by atoms with Crippen molar-refractivity contribution in [1.82, 2.24) is 0 Å². The van der Waals surface area contributed by atoms with E-state index in [1.165, 1.54) is 0 Å². The number of aryl methyl sites for hydroxylation is 8. The molecule has 2 N–H and O–H groups in total. The molecule has 2 heterocycles. The highest BCUT2D eigenvalue weighted by Crippen LogP contribution is 2.41. The maximum Gasteiger partial charge on any atom is 0.125 e. The van der Waals surface area contributed by atoms with Crippen LogP contribution in [0.25, 0.3) is 22.3 Å². The van der Waals surface area contributed by atoms with Crippen LogP contribution >= 0.6 is 0 Å². The first-order valence-electron chi connectivity index (χ1n) is 25.7. The van der Waals surface area contributed by atoms with Gasteiger partial charge < -0.3 is 48.1 Å². The lowest BCUT2D eigenvalue weighted by Crippen LogP contribution is -2.26. The summed E-state index contributed by atoms with van der Waals surface area (Å²) in [5.41, 5.74) is 15.5. The van der Waals surface area contributed by atoms with Crippen molar-refractivity contribution >= 4 is 0 Å². The van der Waals surface area contributed by atoms with Crippen LogP contribution in [-0.4, -0.2) is 87.5 Å². The second-order valence-corrected chi connectivity index (χ2v) is 20.4. The minimum Gasteiger partial charge on any atom is -0.491 e. The van der Waals surface area contributed by atoms with E-state index >= 15 is 0 Å². The molecule has 7 aromatic rings. The molecule has 10 heteroatoms. The Morgan fingerprint density at radius 1 is 0.405 bits per heavy atom. The Kier molecular flexibility index (Phi) is 16.0. The van der Waals surface area contributed by atoms with Crippen LogP contribution in [0.4, 0.5) is 0 Å². The summed E-state index contributed by atoms with van der Waals surface area (Å²) >= 11 is 0. The van der Waals surface area contributed by atoms with E-state index in [0.29, 0.717) is 24.7 Å². The zero-order chi connectivity index (χ0) is 52.1. The smallest absolute Gasteiger partial charge is 0.125 e. The van der Waals surface area contributed by atoms with Crippen molar-refractivity contribution in [3.05, 3.63) is 189 Å². The third kappa shape index (κ3) is 12.4. The van der Waals surface area contributed by atoms with Gasteiger partial charge in [-0.3, -0.25) is 0 Å². The van der Waals surface area contributed by atoms with E-state index < -0.39 is 17.6 Å². The van der Waals surface area contributed by atoms with Gasteiger partial charge in [-0.15, -0.1) is 0 Å². The van der Waals surface area contributed by atoms with Gasteiger partial charge in [0.2, 0.25) is 0 Å². The third-order valence-electron chi connectivity index (χ3n) is 14.1. The van der Waals surface area contributed by atoms with Crippen LogP contribution in [-0.2, 0) is 14.9 Å². The van der Waals surface area contributed by atoms with E-state index in [4.69, 9.17) is 37.9 Å². The van der Waals surface area contributed by atoms with Crippen molar-refractivity contribution in [3.8, 4) is 56.8 Å². The van der Waals surface area contributed by atoms with Crippen LogP contribution in [0.1, 0.15) is 68.1 Å². The van der Waals surface area contributed by atoms with Gasteiger partial charge in [0.25, 0.3) is 0 Å². The van der Waals surface area contributed by atoms with Crippen LogP contribution in [0.5, 0.6) is 34.5 Å². The summed E-state index contributed by atoms with van der Waals surface area (Å²) < 4.78 is 47.4. The molecule has 2 aliphatic heterocycles. The zero-order valence-corrected chi connectivity index (χ0v) is 44.3. The Labute approximate surface area is 436 Å². The van der Waals surface area contributed by atoms with E-state index in [0.717, 1.165) is 120 Å². The fourth-order valence-electron chi connectivity index (χ4n) is 9.94. The maximum atomic E-state index is 11.0.